The van der Waals surface area contributed by atoms with E-state index in [-0.39, 0.29) is 35.5 Å². The number of allylic oxidation sites excluding steroid dienone is 1. The van der Waals surface area contributed by atoms with Gasteiger partial charge >= 0.3 is 0 Å². The lowest BCUT2D eigenvalue weighted by molar-refractivity contribution is -0.126. The van der Waals surface area contributed by atoms with Gasteiger partial charge in [-0.3, -0.25) is 4.79 Å². The molecule has 0 bridgehead atoms. The Balaban J connectivity index is 1.69. The Hall–Kier alpha value is -2.63. The number of fused-ring (bicyclic) bond motifs is 1. The Morgan fingerprint density at radius 3 is 2.30 bits per heavy atom. The largest absolute Gasteiger partial charge is 0.499 e. The zero-order valence-corrected chi connectivity index (χ0v) is 26.2. The van der Waals surface area contributed by atoms with Crippen molar-refractivity contribution >= 4 is 5.91 Å². The van der Waals surface area contributed by atoms with Gasteiger partial charge in [0.15, 0.2) is 0 Å². The van der Waals surface area contributed by atoms with Crippen LogP contribution in [-0.2, 0) is 9.53 Å². The molecular weight excluding hydrogens is 496 g/mol. The summed E-state index contributed by atoms with van der Waals surface area (Å²) in [5, 5.41) is 10.6. The summed E-state index contributed by atoms with van der Waals surface area (Å²) in [7, 11) is 0. The number of carbonyl (C=O) groups is 1. The maximum Gasteiger partial charge on any atom is 0.243 e. The first-order valence-corrected chi connectivity index (χ1v) is 15.3. The Kier molecular flexibility index (Phi) is 10.6. The summed E-state index contributed by atoms with van der Waals surface area (Å²) in [5.41, 5.74) is 1.71. The maximum absolute atomic E-state index is 13.8. The van der Waals surface area contributed by atoms with Gasteiger partial charge in [0, 0.05) is 24.7 Å². The van der Waals surface area contributed by atoms with Crippen molar-refractivity contribution < 1.29 is 9.53 Å². The number of nitrogens with one attached hydrogen (secondary N) is 3. The molecule has 2 saturated carbocycles. The topological polar surface area (TPSA) is 65.6 Å². The Labute approximate surface area is 244 Å². The maximum atomic E-state index is 13.8. The first-order chi connectivity index (χ1) is 18.7. The minimum Gasteiger partial charge on any atom is -0.499 e. The standard InChI is InChI=1S/C34H56N4O2/c1-12-23(6)30(18-26-14-13-15-26)37-33(39)31-28-19-27(28)20-38(31)24(7)32(34(9,10)11)36-25(8)35-29(21(2)3)16-17-40-22(4)5/h12,21,26-32,35-36H,1,4,6-8,13-20H2,2-3,5,9-11H3,(H,37,39)/t27-,28-,29?,30?,31?,32?/m0/s1. The summed E-state index contributed by atoms with van der Waals surface area (Å²) in [6, 6.07) is -0.134. The molecule has 0 radical (unpaired) electrons. The molecule has 2 aliphatic carbocycles. The van der Waals surface area contributed by atoms with Crippen LogP contribution in [0.25, 0.3) is 0 Å². The van der Waals surface area contributed by atoms with Gasteiger partial charge in [-0.2, -0.15) is 0 Å². The average Bonchev–Trinajstić information content (AvgIpc) is 3.50. The second-order valence-electron chi connectivity index (χ2n) is 13.9. The van der Waals surface area contributed by atoms with Crippen molar-refractivity contribution in [2.45, 2.75) is 104 Å². The van der Waals surface area contributed by atoms with Crippen LogP contribution in [0.3, 0.4) is 0 Å². The van der Waals surface area contributed by atoms with Crippen LogP contribution < -0.4 is 16.0 Å². The Morgan fingerprint density at radius 2 is 1.77 bits per heavy atom. The summed E-state index contributed by atoms with van der Waals surface area (Å²) in [6.45, 7) is 35.2. The van der Waals surface area contributed by atoms with E-state index in [0.29, 0.717) is 30.3 Å². The SMILES string of the molecule is C=CC(=C)C(CC1CCC1)NC(=O)C1[C@H]2C[C@H]2CN1C(=C)C(NC(=C)NC(CCOC(=C)C)C(C)C)C(C)(C)C. The summed E-state index contributed by atoms with van der Waals surface area (Å²) in [4.78, 5) is 16.1. The highest BCUT2D eigenvalue weighted by Crippen LogP contribution is 2.51. The number of ether oxygens (including phenoxy) is 1. The van der Waals surface area contributed by atoms with Gasteiger partial charge in [0.05, 0.1) is 30.3 Å². The molecule has 1 amide bonds. The number of rotatable bonds is 17. The number of piperidine rings is 1. The van der Waals surface area contributed by atoms with Crippen molar-refractivity contribution in [3.63, 3.8) is 0 Å². The smallest absolute Gasteiger partial charge is 0.243 e. The highest BCUT2D eigenvalue weighted by molar-refractivity contribution is 5.84. The molecule has 4 unspecified atom stereocenters. The normalized spacial score (nSPS) is 24.2. The molecule has 0 aromatic rings. The molecule has 0 spiro atoms. The molecule has 0 aromatic carbocycles. The second kappa shape index (κ2) is 13.4. The highest BCUT2D eigenvalue weighted by atomic mass is 16.5. The van der Waals surface area contributed by atoms with E-state index < -0.39 is 0 Å². The minimum atomic E-state index is -0.199. The van der Waals surface area contributed by atoms with Gasteiger partial charge < -0.3 is 25.6 Å². The molecule has 3 rings (SSSR count). The zero-order valence-electron chi connectivity index (χ0n) is 26.2. The van der Waals surface area contributed by atoms with Gasteiger partial charge in [-0.25, -0.2) is 0 Å². The fourth-order valence-corrected chi connectivity index (χ4v) is 6.20. The van der Waals surface area contributed by atoms with Crippen LogP contribution in [0.2, 0.25) is 0 Å². The molecular formula is C34H56N4O2. The van der Waals surface area contributed by atoms with Crippen molar-refractivity contribution in [1.29, 1.82) is 0 Å². The molecule has 3 aliphatic rings. The molecule has 6 nitrogen and oxygen atoms in total. The van der Waals surface area contributed by atoms with E-state index in [1.807, 2.05) is 6.92 Å². The molecule has 3 fully saturated rings. The fraction of sp³-hybridized carbons (Fsp3) is 0.676. The summed E-state index contributed by atoms with van der Waals surface area (Å²) >= 11 is 0. The quantitative estimate of drug-likeness (QED) is 0.147. The van der Waals surface area contributed by atoms with E-state index in [1.54, 1.807) is 6.08 Å². The number of hydrogen-bond donors (Lipinski definition) is 3. The Bertz CT molecular complexity index is 973. The van der Waals surface area contributed by atoms with E-state index in [0.717, 1.165) is 48.7 Å². The summed E-state index contributed by atoms with van der Waals surface area (Å²) in [5.74, 6) is 3.61. The molecule has 224 valence electrons. The predicted molar refractivity (Wildman–Crippen MR) is 167 cm³/mol. The fourth-order valence-electron chi connectivity index (χ4n) is 6.20. The van der Waals surface area contributed by atoms with Gasteiger partial charge in [-0.1, -0.05) is 92.9 Å². The van der Waals surface area contributed by atoms with Gasteiger partial charge in [0.1, 0.15) is 6.04 Å². The van der Waals surface area contributed by atoms with Crippen LogP contribution in [0.15, 0.2) is 61.8 Å². The molecule has 6 heteroatoms. The van der Waals surface area contributed by atoms with E-state index in [2.05, 4.69) is 88.4 Å². The van der Waals surface area contributed by atoms with Crippen molar-refractivity contribution in [3.05, 3.63) is 61.8 Å². The lowest BCUT2D eigenvalue weighted by atomic mass is 9.79. The van der Waals surface area contributed by atoms with Crippen LogP contribution in [0.1, 0.15) is 80.1 Å². The van der Waals surface area contributed by atoms with Gasteiger partial charge in [-0.05, 0) is 54.4 Å². The molecule has 0 aromatic heterocycles. The third kappa shape index (κ3) is 8.20. The van der Waals surface area contributed by atoms with E-state index in [9.17, 15) is 4.79 Å². The summed E-state index contributed by atoms with van der Waals surface area (Å²) < 4.78 is 5.62. The number of nitrogens with zero attached hydrogens (tertiary/aromatic N) is 1. The van der Waals surface area contributed by atoms with Crippen LogP contribution in [0.5, 0.6) is 0 Å². The molecule has 40 heavy (non-hydrogen) atoms. The number of carbonyl (C=O) groups excluding carboxylic acids is 1. The van der Waals surface area contributed by atoms with Gasteiger partial charge in [0.2, 0.25) is 5.91 Å². The third-order valence-corrected chi connectivity index (χ3v) is 9.07. The van der Waals surface area contributed by atoms with Crippen molar-refractivity contribution in [1.82, 2.24) is 20.9 Å². The minimum absolute atomic E-state index is 0.0504. The van der Waals surface area contributed by atoms with E-state index in [4.69, 9.17) is 4.74 Å². The van der Waals surface area contributed by atoms with Crippen LogP contribution >= 0.6 is 0 Å². The third-order valence-electron chi connectivity index (χ3n) is 9.07. The molecule has 6 atom stereocenters. The monoisotopic (exact) mass is 552 g/mol. The second-order valence-corrected chi connectivity index (χ2v) is 13.9. The summed E-state index contributed by atoms with van der Waals surface area (Å²) in [6.07, 6.45) is 8.47. The number of likely N-dealkylation sites (tertiary alicyclic amines) is 1. The van der Waals surface area contributed by atoms with Gasteiger partial charge in [0.25, 0.3) is 0 Å². The van der Waals surface area contributed by atoms with E-state index in [1.165, 1.54) is 19.3 Å². The average molecular weight is 553 g/mol. The predicted octanol–water partition coefficient (Wildman–Crippen LogP) is 6.27. The van der Waals surface area contributed by atoms with Crippen molar-refractivity contribution in [2.24, 2.45) is 29.1 Å². The molecule has 1 aliphatic heterocycles. The first-order valence-electron chi connectivity index (χ1n) is 15.3. The van der Waals surface area contributed by atoms with E-state index >= 15 is 0 Å². The highest BCUT2D eigenvalue weighted by Gasteiger charge is 2.56. The lowest BCUT2D eigenvalue weighted by Gasteiger charge is -2.42. The molecule has 1 saturated heterocycles. The Morgan fingerprint density at radius 1 is 1.10 bits per heavy atom. The van der Waals surface area contributed by atoms with Gasteiger partial charge in [-0.15, -0.1) is 0 Å². The molecule has 1 heterocycles. The van der Waals surface area contributed by atoms with Crippen LogP contribution in [0.4, 0.5) is 0 Å². The van der Waals surface area contributed by atoms with Crippen LogP contribution in [-0.4, -0.2) is 48.1 Å². The number of amides is 1. The van der Waals surface area contributed by atoms with Crippen molar-refractivity contribution in [2.75, 3.05) is 13.2 Å². The first kappa shape index (κ1) is 31.9. The van der Waals surface area contributed by atoms with Crippen molar-refractivity contribution in [3.8, 4) is 0 Å². The lowest BCUT2D eigenvalue weighted by Crippen LogP contribution is -2.54. The number of hydrogen-bond acceptors (Lipinski definition) is 5. The molecule has 3 N–H and O–H groups in total. The zero-order chi connectivity index (χ0) is 29.8. The van der Waals surface area contributed by atoms with Crippen LogP contribution in [0, 0.1) is 29.1 Å².